The van der Waals surface area contributed by atoms with Crippen LogP contribution in [-0.4, -0.2) is 62.5 Å². The van der Waals surface area contributed by atoms with E-state index in [0.29, 0.717) is 21.7 Å². The molecule has 0 unspecified atom stereocenters. The molecule has 0 aliphatic heterocycles. The molecule has 2 aromatic rings. The molecular formula is C10H13N6O+. The smallest absolute Gasteiger partial charge is 0.371 e. The molecule has 0 saturated carbocycles. The Kier molecular flexibility index (Phi) is 2.82. The summed E-state index contributed by atoms with van der Waals surface area (Å²) in [5.41, 5.74) is 1.31. The van der Waals surface area contributed by atoms with Crippen LogP contribution in [0.5, 0.6) is 0 Å². The first-order valence-electron chi connectivity index (χ1n) is 5.05. The number of rotatable bonds is 1. The Bertz CT molecular complexity index is 604. The highest BCUT2D eigenvalue weighted by Gasteiger charge is 2.21. The van der Waals surface area contributed by atoms with E-state index in [2.05, 4.69) is 15.3 Å². The zero-order valence-electron chi connectivity index (χ0n) is 9.90. The molecule has 0 radical (unpaired) electrons. The lowest BCUT2D eigenvalue weighted by molar-refractivity contribution is -0.469. The first kappa shape index (κ1) is 11.2. The molecule has 2 heterocycles. The van der Waals surface area contributed by atoms with Crippen LogP contribution in [0.3, 0.4) is 0 Å². The van der Waals surface area contributed by atoms with Crippen LogP contribution < -0.4 is 0 Å². The van der Waals surface area contributed by atoms with Crippen molar-refractivity contribution in [3.8, 4) is 0 Å². The molecule has 2 aromatic heterocycles. The maximum Gasteiger partial charge on any atom is 0.371 e. The molecule has 0 saturated heterocycles. The van der Waals surface area contributed by atoms with Crippen LogP contribution in [0.1, 0.15) is 0 Å². The topological polar surface area (TPSA) is 72.7 Å². The Balaban J connectivity index is 2.66. The van der Waals surface area contributed by atoms with Crippen LogP contribution in [0.2, 0.25) is 0 Å². The van der Waals surface area contributed by atoms with E-state index >= 15 is 0 Å². The van der Waals surface area contributed by atoms with Gasteiger partial charge in [0.05, 0.1) is 14.1 Å². The average Bonchev–Trinajstić information content (AvgIpc) is 2.69. The number of fused-ring (bicyclic) bond motifs is 1. The van der Waals surface area contributed by atoms with E-state index in [-0.39, 0.29) is 0 Å². The second kappa shape index (κ2) is 4.28. The second-order valence-corrected chi connectivity index (χ2v) is 3.78. The van der Waals surface area contributed by atoms with Crippen LogP contribution in [0.25, 0.3) is 11.2 Å². The Hall–Kier alpha value is -2.31. The fraction of sp³-hybridized carbons (Fsp3) is 0.300. The Morgan fingerprint density at radius 2 is 2.18 bits per heavy atom. The number of pyridine rings is 1. The van der Waals surface area contributed by atoms with Crippen LogP contribution in [-0.2, 0) is 0 Å². The van der Waals surface area contributed by atoms with Gasteiger partial charge in [0.25, 0.3) is 11.9 Å². The molecule has 88 valence electrons. The molecule has 0 atom stereocenters. The third kappa shape index (κ3) is 2.12. The van der Waals surface area contributed by atoms with E-state index in [9.17, 15) is 5.21 Å². The van der Waals surface area contributed by atoms with E-state index in [1.165, 1.54) is 17.9 Å². The standard InChI is InChI=1S/C10H13N6O/c1-14(2)9(7-15(3)17)16-10-8(12-13-16)5-4-6-11-10/h4-7H,1-3H3/q+1. The molecule has 7 heteroatoms. The SMILES string of the molecule is C[N+]([O-])=CC(n1nnc2cccnc21)=[N+](C)C. The van der Waals surface area contributed by atoms with Gasteiger partial charge in [0.2, 0.25) is 0 Å². The van der Waals surface area contributed by atoms with Gasteiger partial charge >= 0.3 is 5.84 Å². The van der Waals surface area contributed by atoms with Crippen molar-refractivity contribution in [2.45, 2.75) is 0 Å². The third-order valence-electron chi connectivity index (χ3n) is 2.18. The van der Waals surface area contributed by atoms with Gasteiger partial charge < -0.3 is 5.21 Å². The summed E-state index contributed by atoms with van der Waals surface area (Å²) >= 11 is 0. The molecule has 0 N–H and O–H groups in total. The molecule has 0 amide bonds. The van der Waals surface area contributed by atoms with Gasteiger partial charge in [-0.1, -0.05) is 4.68 Å². The number of aromatic nitrogens is 4. The largest absolute Gasteiger partial charge is 0.624 e. The van der Waals surface area contributed by atoms with Gasteiger partial charge in [-0.15, -0.1) is 5.10 Å². The highest BCUT2D eigenvalue weighted by molar-refractivity contribution is 6.26. The molecule has 0 fully saturated rings. The van der Waals surface area contributed by atoms with Crippen molar-refractivity contribution in [2.24, 2.45) is 0 Å². The summed E-state index contributed by atoms with van der Waals surface area (Å²) in [6.07, 6.45) is 3.08. The van der Waals surface area contributed by atoms with Crippen molar-refractivity contribution >= 4 is 23.2 Å². The van der Waals surface area contributed by atoms with Crippen molar-refractivity contribution < 1.29 is 9.31 Å². The molecule has 17 heavy (non-hydrogen) atoms. The summed E-state index contributed by atoms with van der Waals surface area (Å²) in [5.74, 6) is 0.601. The fourth-order valence-corrected chi connectivity index (χ4v) is 1.44. The van der Waals surface area contributed by atoms with Gasteiger partial charge in [0.1, 0.15) is 7.05 Å². The number of hydrogen-bond donors (Lipinski definition) is 0. The molecule has 7 nitrogen and oxygen atoms in total. The van der Waals surface area contributed by atoms with Gasteiger partial charge in [0, 0.05) is 11.4 Å². The molecule has 0 aliphatic rings. The second-order valence-electron chi connectivity index (χ2n) is 3.78. The van der Waals surface area contributed by atoms with Gasteiger partial charge in [0.15, 0.2) is 5.52 Å². The van der Waals surface area contributed by atoms with E-state index in [4.69, 9.17) is 0 Å². The zero-order chi connectivity index (χ0) is 12.4. The first-order valence-corrected chi connectivity index (χ1v) is 5.05. The van der Waals surface area contributed by atoms with E-state index < -0.39 is 0 Å². The normalized spacial score (nSPS) is 11.8. The van der Waals surface area contributed by atoms with Crippen LogP contribution in [0.4, 0.5) is 0 Å². The highest BCUT2D eigenvalue weighted by atomic mass is 16.5. The highest BCUT2D eigenvalue weighted by Crippen LogP contribution is 2.05. The lowest BCUT2D eigenvalue weighted by Gasteiger charge is -1.97. The van der Waals surface area contributed by atoms with Gasteiger partial charge in [-0.3, -0.25) is 4.58 Å². The monoisotopic (exact) mass is 233 g/mol. The lowest BCUT2D eigenvalue weighted by atomic mass is 10.4. The van der Waals surface area contributed by atoms with E-state index in [0.717, 1.165) is 0 Å². The summed E-state index contributed by atoms with van der Waals surface area (Å²) in [4.78, 5) is 4.20. The average molecular weight is 233 g/mol. The predicted octanol–water partition coefficient (Wildman–Crippen LogP) is -0.444. The molecule has 0 aromatic carbocycles. The lowest BCUT2D eigenvalue weighted by Crippen LogP contribution is -2.28. The van der Waals surface area contributed by atoms with Crippen molar-refractivity contribution in [3.63, 3.8) is 0 Å². The number of hydrogen-bond acceptors (Lipinski definition) is 4. The summed E-state index contributed by atoms with van der Waals surface area (Å²) < 4.78 is 4.02. The Morgan fingerprint density at radius 3 is 2.82 bits per heavy atom. The van der Waals surface area contributed by atoms with Crippen LogP contribution in [0, 0.1) is 5.21 Å². The minimum atomic E-state index is 0.601. The quantitative estimate of drug-likeness (QED) is 0.220. The van der Waals surface area contributed by atoms with Gasteiger partial charge in [-0.25, -0.2) is 9.72 Å². The van der Waals surface area contributed by atoms with Gasteiger partial charge in [-0.2, -0.15) is 0 Å². The minimum Gasteiger partial charge on any atom is -0.624 e. The molecule has 2 rings (SSSR count). The minimum absolute atomic E-state index is 0.601. The van der Waals surface area contributed by atoms with Crippen LogP contribution >= 0.6 is 0 Å². The summed E-state index contributed by atoms with van der Waals surface area (Å²) in [5, 5.41) is 19.1. The Morgan fingerprint density at radius 1 is 1.41 bits per heavy atom. The predicted molar refractivity (Wildman–Crippen MR) is 63.5 cm³/mol. The molecule has 0 bridgehead atoms. The fourth-order valence-electron chi connectivity index (χ4n) is 1.44. The van der Waals surface area contributed by atoms with E-state index in [1.54, 1.807) is 16.8 Å². The molecule has 0 spiro atoms. The van der Waals surface area contributed by atoms with Crippen LogP contribution in [0.15, 0.2) is 18.3 Å². The molecule has 0 aliphatic carbocycles. The summed E-state index contributed by atoms with van der Waals surface area (Å²) in [6.45, 7) is 0. The maximum atomic E-state index is 11.1. The summed E-state index contributed by atoms with van der Waals surface area (Å²) in [7, 11) is 5.06. The van der Waals surface area contributed by atoms with Crippen molar-refractivity contribution in [1.82, 2.24) is 20.0 Å². The molecular weight excluding hydrogens is 220 g/mol. The summed E-state index contributed by atoms with van der Waals surface area (Å²) in [6, 6.07) is 3.61. The zero-order valence-corrected chi connectivity index (χ0v) is 9.90. The van der Waals surface area contributed by atoms with Crippen molar-refractivity contribution in [2.75, 3.05) is 21.1 Å². The maximum absolute atomic E-state index is 11.1. The third-order valence-corrected chi connectivity index (χ3v) is 2.18. The van der Waals surface area contributed by atoms with E-state index in [1.807, 2.05) is 20.2 Å². The van der Waals surface area contributed by atoms with Crippen molar-refractivity contribution in [1.29, 1.82) is 0 Å². The number of hydroxylamine groups is 1. The first-order chi connectivity index (χ1) is 8.09. The number of nitrogens with zero attached hydrogens (tertiary/aromatic N) is 6. The van der Waals surface area contributed by atoms with Gasteiger partial charge in [-0.05, 0) is 12.1 Å². The Labute approximate surface area is 97.9 Å². The van der Waals surface area contributed by atoms with Crippen molar-refractivity contribution in [3.05, 3.63) is 23.5 Å².